The molecule has 1 aliphatic rings. The normalized spacial score (nSPS) is 16.5. The standard InChI is InChI=1S/C19H25N7O/c1-12-14(13(2)26-19(23-12)20-11-22-26)8-9-18(27)24(3)16-6-5-7-17-15(16)10-21-25(17)4/h10-11,16H,5-9H2,1-4H3. The average Bonchev–Trinajstić information content (AvgIpc) is 3.27. The van der Waals surface area contributed by atoms with Crippen LogP contribution in [0.5, 0.6) is 0 Å². The molecule has 3 aromatic rings. The molecule has 4 rings (SSSR count). The number of hydrogen-bond acceptors (Lipinski definition) is 5. The first-order chi connectivity index (χ1) is 13.0. The SMILES string of the molecule is Cc1nc2ncnn2c(C)c1CCC(=O)N(C)C1CCCc2c1cnn2C. The van der Waals surface area contributed by atoms with Gasteiger partial charge in [-0.15, -0.1) is 0 Å². The largest absolute Gasteiger partial charge is 0.339 e. The summed E-state index contributed by atoms with van der Waals surface area (Å²) >= 11 is 0. The maximum Gasteiger partial charge on any atom is 0.252 e. The van der Waals surface area contributed by atoms with E-state index in [4.69, 9.17) is 0 Å². The van der Waals surface area contributed by atoms with Gasteiger partial charge in [-0.1, -0.05) is 0 Å². The first kappa shape index (κ1) is 17.6. The molecule has 1 amide bonds. The van der Waals surface area contributed by atoms with E-state index in [1.807, 2.05) is 43.7 Å². The smallest absolute Gasteiger partial charge is 0.252 e. The van der Waals surface area contributed by atoms with Crippen LogP contribution in [0.1, 0.15) is 53.5 Å². The Bertz CT molecular complexity index is 1000. The Labute approximate surface area is 158 Å². The molecule has 0 aliphatic heterocycles. The molecule has 0 bridgehead atoms. The van der Waals surface area contributed by atoms with Crippen molar-refractivity contribution in [3.05, 3.63) is 40.7 Å². The molecule has 3 aromatic heterocycles. The van der Waals surface area contributed by atoms with Crippen molar-refractivity contribution in [1.82, 2.24) is 34.3 Å². The Morgan fingerprint density at radius 2 is 2.15 bits per heavy atom. The molecule has 1 atom stereocenters. The number of amides is 1. The number of hydrogen-bond donors (Lipinski definition) is 0. The predicted molar refractivity (Wildman–Crippen MR) is 100 cm³/mol. The first-order valence-electron chi connectivity index (χ1n) is 9.39. The van der Waals surface area contributed by atoms with E-state index in [1.165, 1.54) is 17.6 Å². The summed E-state index contributed by atoms with van der Waals surface area (Å²) in [4.78, 5) is 23.4. The monoisotopic (exact) mass is 367 g/mol. The predicted octanol–water partition coefficient (Wildman–Crippen LogP) is 1.94. The molecule has 0 radical (unpaired) electrons. The van der Waals surface area contributed by atoms with Gasteiger partial charge in [-0.2, -0.15) is 15.2 Å². The van der Waals surface area contributed by atoms with Gasteiger partial charge in [0.2, 0.25) is 5.91 Å². The fraction of sp³-hybridized carbons (Fsp3) is 0.526. The van der Waals surface area contributed by atoms with Gasteiger partial charge >= 0.3 is 0 Å². The van der Waals surface area contributed by atoms with Crippen molar-refractivity contribution < 1.29 is 4.79 Å². The van der Waals surface area contributed by atoms with E-state index in [9.17, 15) is 4.79 Å². The van der Waals surface area contributed by atoms with Crippen LogP contribution >= 0.6 is 0 Å². The van der Waals surface area contributed by atoms with E-state index in [0.717, 1.165) is 36.2 Å². The average molecular weight is 367 g/mol. The minimum absolute atomic E-state index is 0.119. The molecule has 1 aliphatic carbocycles. The summed E-state index contributed by atoms with van der Waals surface area (Å²) in [7, 11) is 3.88. The molecule has 0 spiro atoms. The molecule has 142 valence electrons. The van der Waals surface area contributed by atoms with Crippen LogP contribution in [0.3, 0.4) is 0 Å². The van der Waals surface area contributed by atoms with E-state index in [1.54, 1.807) is 4.52 Å². The van der Waals surface area contributed by atoms with Gasteiger partial charge in [0.15, 0.2) is 0 Å². The summed E-state index contributed by atoms with van der Waals surface area (Å²) in [6.07, 6.45) is 7.63. The summed E-state index contributed by atoms with van der Waals surface area (Å²) in [6, 6.07) is 0.119. The summed E-state index contributed by atoms with van der Waals surface area (Å²) in [5.74, 6) is 0.748. The summed E-state index contributed by atoms with van der Waals surface area (Å²) in [5, 5.41) is 8.61. The van der Waals surface area contributed by atoms with Gasteiger partial charge in [0.1, 0.15) is 6.33 Å². The Kier molecular flexibility index (Phi) is 4.41. The van der Waals surface area contributed by atoms with Gasteiger partial charge in [0, 0.05) is 43.2 Å². The highest BCUT2D eigenvalue weighted by Crippen LogP contribution is 2.33. The van der Waals surface area contributed by atoms with Gasteiger partial charge in [-0.3, -0.25) is 9.48 Å². The molecular weight excluding hydrogens is 342 g/mol. The lowest BCUT2D eigenvalue weighted by molar-refractivity contribution is -0.132. The molecule has 3 heterocycles. The maximum absolute atomic E-state index is 12.9. The zero-order chi connectivity index (χ0) is 19.1. The fourth-order valence-electron chi connectivity index (χ4n) is 4.18. The summed E-state index contributed by atoms with van der Waals surface area (Å²) in [5.41, 5.74) is 5.42. The zero-order valence-electron chi connectivity index (χ0n) is 16.3. The molecule has 8 nitrogen and oxygen atoms in total. The minimum Gasteiger partial charge on any atom is -0.339 e. The lowest BCUT2D eigenvalue weighted by Crippen LogP contribution is -2.33. The topological polar surface area (TPSA) is 81.2 Å². The van der Waals surface area contributed by atoms with Crippen molar-refractivity contribution in [1.29, 1.82) is 0 Å². The third kappa shape index (κ3) is 2.98. The third-order valence-corrected chi connectivity index (χ3v) is 5.78. The van der Waals surface area contributed by atoms with E-state index in [2.05, 4.69) is 20.2 Å². The number of carbonyl (C=O) groups is 1. The number of carbonyl (C=O) groups excluding carboxylic acids is 1. The van der Waals surface area contributed by atoms with Crippen LogP contribution in [0, 0.1) is 13.8 Å². The third-order valence-electron chi connectivity index (χ3n) is 5.78. The van der Waals surface area contributed by atoms with Crippen molar-refractivity contribution in [3.63, 3.8) is 0 Å². The second kappa shape index (κ2) is 6.75. The van der Waals surface area contributed by atoms with E-state index in [0.29, 0.717) is 18.6 Å². The minimum atomic E-state index is 0.119. The maximum atomic E-state index is 12.9. The van der Waals surface area contributed by atoms with E-state index in [-0.39, 0.29) is 11.9 Å². The van der Waals surface area contributed by atoms with Crippen molar-refractivity contribution in [2.75, 3.05) is 7.05 Å². The second-order valence-electron chi connectivity index (χ2n) is 7.32. The number of rotatable bonds is 4. The molecule has 0 saturated carbocycles. The number of fused-ring (bicyclic) bond motifs is 2. The Hall–Kier alpha value is -2.77. The van der Waals surface area contributed by atoms with Crippen LogP contribution < -0.4 is 0 Å². The lowest BCUT2D eigenvalue weighted by atomic mass is 9.91. The molecule has 0 aromatic carbocycles. The Morgan fingerprint density at radius 3 is 2.96 bits per heavy atom. The van der Waals surface area contributed by atoms with E-state index < -0.39 is 0 Å². The molecule has 0 N–H and O–H groups in total. The molecule has 1 unspecified atom stereocenters. The van der Waals surface area contributed by atoms with Crippen molar-refractivity contribution in [2.45, 2.75) is 52.0 Å². The highest BCUT2D eigenvalue weighted by atomic mass is 16.2. The number of aryl methyl sites for hydroxylation is 3. The molecular formula is C19H25N7O. The van der Waals surface area contributed by atoms with Crippen LogP contribution in [0.15, 0.2) is 12.5 Å². The molecule has 0 saturated heterocycles. The second-order valence-corrected chi connectivity index (χ2v) is 7.32. The number of nitrogens with zero attached hydrogens (tertiary/aromatic N) is 7. The van der Waals surface area contributed by atoms with Crippen LogP contribution in [0.25, 0.3) is 5.78 Å². The van der Waals surface area contributed by atoms with Crippen LogP contribution in [-0.2, 0) is 24.7 Å². The molecule has 0 fully saturated rings. The Morgan fingerprint density at radius 1 is 1.33 bits per heavy atom. The van der Waals surface area contributed by atoms with Crippen LogP contribution in [-0.4, -0.2) is 47.2 Å². The van der Waals surface area contributed by atoms with Gasteiger partial charge in [0.25, 0.3) is 5.78 Å². The van der Waals surface area contributed by atoms with Crippen molar-refractivity contribution in [2.24, 2.45) is 7.05 Å². The summed E-state index contributed by atoms with van der Waals surface area (Å²) in [6.45, 7) is 3.97. The quantitative estimate of drug-likeness (QED) is 0.704. The first-order valence-corrected chi connectivity index (χ1v) is 9.39. The van der Waals surface area contributed by atoms with Crippen molar-refractivity contribution in [3.8, 4) is 0 Å². The van der Waals surface area contributed by atoms with Gasteiger partial charge in [0.05, 0.1) is 12.2 Å². The van der Waals surface area contributed by atoms with Gasteiger partial charge in [-0.05, 0) is 45.1 Å². The highest BCUT2D eigenvalue weighted by Gasteiger charge is 2.29. The summed E-state index contributed by atoms with van der Waals surface area (Å²) < 4.78 is 3.67. The van der Waals surface area contributed by atoms with Crippen LogP contribution in [0.2, 0.25) is 0 Å². The van der Waals surface area contributed by atoms with E-state index >= 15 is 0 Å². The molecule has 27 heavy (non-hydrogen) atoms. The fourth-order valence-corrected chi connectivity index (χ4v) is 4.18. The highest BCUT2D eigenvalue weighted by molar-refractivity contribution is 5.77. The van der Waals surface area contributed by atoms with Gasteiger partial charge in [-0.25, -0.2) is 9.50 Å². The van der Waals surface area contributed by atoms with Crippen LogP contribution in [0.4, 0.5) is 0 Å². The number of aromatic nitrogens is 6. The lowest BCUT2D eigenvalue weighted by Gasteiger charge is -2.31. The Balaban J connectivity index is 1.50. The molecule has 8 heteroatoms. The van der Waals surface area contributed by atoms with Crippen molar-refractivity contribution >= 4 is 11.7 Å². The zero-order valence-corrected chi connectivity index (χ0v) is 16.3. The van der Waals surface area contributed by atoms with Gasteiger partial charge < -0.3 is 4.90 Å².